The maximum absolute atomic E-state index is 13.0. The second-order valence-corrected chi connectivity index (χ2v) is 6.42. The van der Waals surface area contributed by atoms with E-state index in [4.69, 9.17) is 0 Å². The molecule has 0 radical (unpaired) electrons. The van der Waals surface area contributed by atoms with Crippen LogP contribution in [0.3, 0.4) is 0 Å². The van der Waals surface area contributed by atoms with Crippen molar-refractivity contribution in [3.05, 3.63) is 66.2 Å². The monoisotopic (exact) mass is 338 g/mol. The van der Waals surface area contributed by atoms with Crippen molar-refractivity contribution in [3.63, 3.8) is 0 Å². The highest BCUT2D eigenvalue weighted by molar-refractivity contribution is 5.95. The quantitative estimate of drug-likeness (QED) is 0.931. The Morgan fingerprint density at radius 1 is 1.00 bits per heavy atom. The summed E-state index contributed by atoms with van der Waals surface area (Å²) in [6.45, 7) is 3.17. The molecular weight excluding hydrogens is 316 g/mol. The van der Waals surface area contributed by atoms with E-state index in [1.165, 1.54) is 0 Å². The number of hydrogen-bond acceptors (Lipinski definition) is 3. The van der Waals surface area contributed by atoms with Gasteiger partial charge in [-0.1, -0.05) is 36.4 Å². The molecule has 2 aromatic rings. The molecule has 5 nitrogen and oxygen atoms in total. The molecule has 1 aliphatic rings. The lowest BCUT2D eigenvalue weighted by Gasteiger charge is -2.46. The molecule has 0 aromatic heterocycles. The van der Waals surface area contributed by atoms with Gasteiger partial charge in [0.05, 0.1) is 12.5 Å². The first-order chi connectivity index (χ1) is 12.1. The van der Waals surface area contributed by atoms with Crippen LogP contribution < -0.4 is 4.90 Å². The van der Waals surface area contributed by atoms with Crippen LogP contribution in [0.4, 0.5) is 5.69 Å². The zero-order valence-corrected chi connectivity index (χ0v) is 14.2. The number of nitrogens with zero attached hydrogens (tertiary/aromatic N) is 2. The summed E-state index contributed by atoms with van der Waals surface area (Å²) in [5.41, 5.74) is 1.65. The minimum absolute atomic E-state index is 0.0632. The molecule has 1 heterocycles. The average molecular weight is 338 g/mol. The van der Waals surface area contributed by atoms with Crippen LogP contribution in [0.2, 0.25) is 0 Å². The van der Waals surface area contributed by atoms with Crippen LogP contribution in [0, 0.1) is 0 Å². The number of aliphatic carboxylic acids is 1. The predicted octanol–water partition coefficient (Wildman–Crippen LogP) is 2.88. The van der Waals surface area contributed by atoms with Crippen LogP contribution in [0.25, 0.3) is 0 Å². The van der Waals surface area contributed by atoms with Crippen molar-refractivity contribution in [2.75, 3.05) is 18.0 Å². The number of benzene rings is 2. The molecule has 0 aliphatic carbocycles. The summed E-state index contributed by atoms with van der Waals surface area (Å²) in [6, 6.07) is 18.5. The van der Waals surface area contributed by atoms with Gasteiger partial charge in [0, 0.05) is 30.4 Å². The zero-order chi connectivity index (χ0) is 17.8. The number of piperazine rings is 1. The summed E-state index contributed by atoms with van der Waals surface area (Å²) >= 11 is 0. The molecule has 1 N–H and O–H groups in total. The Balaban J connectivity index is 1.87. The van der Waals surface area contributed by atoms with Crippen molar-refractivity contribution in [2.24, 2.45) is 0 Å². The van der Waals surface area contributed by atoms with Gasteiger partial charge in [-0.25, -0.2) is 0 Å². The van der Waals surface area contributed by atoms with Gasteiger partial charge >= 0.3 is 5.97 Å². The van der Waals surface area contributed by atoms with E-state index < -0.39 is 5.97 Å². The molecule has 1 aliphatic heterocycles. The van der Waals surface area contributed by atoms with E-state index in [1.807, 2.05) is 55.5 Å². The van der Waals surface area contributed by atoms with E-state index in [0.29, 0.717) is 18.7 Å². The number of carbonyl (C=O) groups excluding carboxylic acids is 1. The van der Waals surface area contributed by atoms with E-state index in [-0.39, 0.29) is 24.4 Å². The summed E-state index contributed by atoms with van der Waals surface area (Å²) in [4.78, 5) is 28.2. The number of rotatable bonds is 4. The molecule has 0 unspecified atom stereocenters. The van der Waals surface area contributed by atoms with Crippen molar-refractivity contribution in [3.8, 4) is 0 Å². The third-order valence-electron chi connectivity index (χ3n) is 4.57. The molecule has 25 heavy (non-hydrogen) atoms. The molecule has 0 saturated carbocycles. The van der Waals surface area contributed by atoms with E-state index >= 15 is 0 Å². The largest absolute Gasteiger partial charge is 0.481 e. The van der Waals surface area contributed by atoms with E-state index in [9.17, 15) is 14.7 Å². The standard InChI is InChI=1S/C20H22N2O3/c1-15-13-21(17-10-6-3-7-11-17)14-18(12-19(23)24)22(15)20(25)16-8-4-2-5-9-16/h2-11,15,18H,12-14H2,1H3,(H,23,24)/t15-,18-/m0/s1. The van der Waals surface area contributed by atoms with Crippen LogP contribution in [0.1, 0.15) is 23.7 Å². The SMILES string of the molecule is C[C@H]1CN(c2ccccc2)C[C@H](CC(=O)O)N1C(=O)c1ccccc1. The number of carboxylic acid groups (broad SMARTS) is 1. The normalized spacial score (nSPS) is 20.4. The van der Waals surface area contributed by atoms with Crippen molar-refractivity contribution in [1.82, 2.24) is 4.90 Å². The second-order valence-electron chi connectivity index (χ2n) is 6.42. The lowest BCUT2D eigenvalue weighted by Crippen LogP contribution is -2.60. The summed E-state index contributed by atoms with van der Waals surface area (Å²) in [5, 5.41) is 9.32. The van der Waals surface area contributed by atoms with Gasteiger partial charge in [-0.05, 0) is 31.2 Å². The highest BCUT2D eigenvalue weighted by Gasteiger charge is 2.36. The van der Waals surface area contributed by atoms with Crippen LogP contribution in [-0.2, 0) is 4.79 Å². The van der Waals surface area contributed by atoms with Crippen molar-refractivity contribution >= 4 is 17.6 Å². The highest BCUT2D eigenvalue weighted by atomic mass is 16.4. The molecule has 0 bridgehead atoms. The van der Waals surface area contributed by atoms with Gasteiger partial charge in [0.2, 0.25) is 0 Å². The molecule has 130 valence electrons. The van der Waals surface area contributed by atoms with Gasteiger partial charge in [-0.3, -0.25) is 9.59 Å². The van der Waals surface area contributed by atoms with Crippen molar-refractivity contribution in [1.29, 1.82) is 0 Å². The zero-order valence-electron chi connectivity index (χ0n) is 14.2. The fourth-order valence-electron chi connectivity index (χ4n) is 3.49. The predicted molar refractivity (Wildman–Crippen MR) is 96.8 cm³/mol. The highest BCUT2D eigenvalue weighted by Crippen LogP contribution is 2.25. The number of para-hydroxylation sites is 1. The molecule has 2 aromatic carbocycles. The third-order valence-corrected chi connectivity index (χ3v) is 4.57. The Morgan fingerprint density at radius 3 is 2.20 bits per heavy atom. The fraction of sp³-hybridized carbons (Fsp3) is 0.300. The first-order valence-electron chi connectivity index (χ1n) is 8.45. The summed E-state index contributed by atoms with van der Waals surface area (Å²) in [6.07, 6.45) is -0.0632. The molecule has 3 rings (SSSR count). The molecule has 1 amide bonds. The Labute approximate surface area is 147 Å². The molecule has 2 atom stereocenters. The van der Waals surface area contributed by atoms with Gasteiger partial charge in [0.25, 0.3) is 5.91 Å². The van der Waals surface area contributed by atoms with Crippen LogP contribution in [-0.4, -0.2) is 47.1 Å². The van der Waals surface area contributed by atoms with E-state index in [2.05, 4.69) is 4.90 Å². The molecular formula is C20H22N2O3. The van der Waals surface area contributed by atoms with E-state index in [1.54, 1.807) is 17.0 Å². The van der Waals surface area contributed by atoms with Crippen molar-refractivity contribution in [2.45, 2.75) is 25.4 Å². The smallest absolute Gasteiger partial charge is 0.305 e. The minimum Gasteiger partial charge on any atom is -0.481 e. The topological polar surface area (TPSA) is 60.9 Å². The average Bonchev–Trinajstić information content (AvgIpc) is 2.62. The van der Waals surface area contributed by atoms with Crippen LogP contribution in [0.15, 0.2) is 60.7 Å². The first kappa shape index (κ1) is 17.0. The van der Waals surface area contributed by atoms with E-state index in [0.717, 1.165) is 5.69 Å². The second kappa shape index (κ2) is 7.38. The first-order valence-corrected chi connectivity index (χ1v) is 8.45. The van der Waals surface area contributed by atoms with Crippen LogP contribution >= 0.6 is 0 Å². The van der Waals surface area contributed by atoms with Gasteiger partial charge in [0.1, 0.15) is 0 Å². The molecule has 0 spiro atoms. The maximum Gasteiger partial charge on any atom is 0.305 e. The van der Waals surface area contributed by atoms with Gasteiger partial charge < -0.3 is 14.9 Å². The third kappa shape index (κ3) is 3.82. The molecule has 1 fully saturated rings. The Kier molecular flexibility index (Phi) is 5.03. The fourth-order valence-corrected chi connectivity index (χ4v) is 3.49. The number of anilines is 1. The minimum atomic E-state index is -0.891. The number of carbonyl (C=O) groups is 2. The van der Waals surface area contributed by atoms with Crippen LogP contribution in [0.5, 0.6) is 0 Å². The number of amides is 1. The summed E-state index contributed by atoms with van der Waals surface area (Å²) in [5.74, 6) is -0.995. The van der Waals surface area contributed by atoms with Gasteiger partial charge in [-0.15, -0.1) is 0 Å². The molecule has 5 heteroatoms. The molecule has 1 saturated heterocycles. The Hall–Kier alpha value is -2.82. The lowest BCUT2D eigenvalue weighted by molar-refractivity contribution is -0.138. The number of carboxylic acids is 1. The number of hydrogen-bond donors (Lipinski definition) is 1. The summed E-state index contributed by atoms with van der Waals surface area (Å²) in [7, 11) is 0. The summed E-state index contributed by atoms with van der Waals surface area (Å²) < 4.78 is 0. The lowest BCUT2D eigenvalue weighted by atomic mass is 10.0. The van der Waals surface area contributed by atoms with Crippen molar-refractivity contribution < 1.29 is 14.7 Å². The van der Waals surface area contributed by atoms with Gasteiger partial charge in [0.15, 0.2) is 0 Å². The Bertz CT molecular complexity index is 733. The van der Waals surface area contributed by atoms with Gasteiger partial charge in [-0.2, -0.15) is 0 Å². The Morgan fingerprint density at radius 2 is 1.60 bits per heavy atom. The maximum atomic E-state index is 13.0.